The minimum absolute atomic E-state index is 0.624. The Kier molecular flexibility index (Phi) is 4.68. The predicted octanol–water partition coefficient (Wildman–Crippen LogP) is 2.46. The standard InChI is InChI=1S/C14H21NO2/c1-2-16-13-7-3-4-8-14(13)17-11-12-6-5-9-15-10-12/h3-4,7-8,12,15H,2,5-6,9-11H2,1H3/t12-/m0/s1. The van der Waals surface area contributed by atoms with E-state index in [0.717, 1.165) is 31.2 Å². The molecule has 0 amide bonds. The van der Waals surface area contributed by atoms with Crippen LogP contribution in [0.4, 0.5) is 0 Å². The van der Waals surface area contributed by atoms with Crippen molar-refractivity contribution in [2.24, 2.45) is 5.92 Å². The molecule has 3 nitrogen and oxygen atoms in total. The Bertz CT molecular complexity index is 335. The van der Waals surface area contributed by atoms with Crippen LogP contribution in [0, 0.1) is 5.92 Å². The summed E-state index contributed by atoms with van der Waals surface area (Å²) in [6.45, 7) is 5.65. The van der Waals surface area contributed by atoms with E-state index in [1.807, 2.05) is 31.2 Å². The van der Waals surface area contributed by atoms with Gasteiger partial charge in [-0.3, -0.25) is 0 Å². The molecule has 1 atom stereocenters. The lowest BCUT2D eigenvalue weighted by atomic mass is 10.0. The summed E-state index contributed by atoms with van der Waals surface area (Å²) in [4.78, 5) is 0. The highest BCUT2D eigenvalue weighted by atomic mass is 16.5. The van der Waals surface area contributed by atoms with E-state index in [1.54, 1.807) is 0 Å². The Morgan fingerprint density at radius 3 is 2.65 bits per heavy atom. The predicted molar refractivity (Wildman–Crippen MR) is 68.7 cm³/mol. The first-order valence-electron chi connectivity index (χ1n) is 6.45. The van der Waals surface area contributed by atoms with Crippen molar-refractivity contribution in [3.63, 3.8) is 0 Å². The second kappa shape index (κ2) is 6.50. The molecule has 0 aromatic heterocycles. The Hall–Kier alpha value is -1.22. The van der Waals surface area contributed by atoms with Crippen LogP contribution in [0.3, 0.4) is 0 Å². The molecule has 3 heteroatoms. The van der Waals surface area contributed by atoms with Gasteiger partial charge in [0.15, 0.2) is 11.5 Å². The zero-order valence-corrected chi connectivity index (χ0v) is 10.4. The molecule has 0 spiro atoms. The van der Waals surface area contributed by atoms with Crippen molar-refractivity contribution in [3.8, 4) is 11.5 Å². The van der Waals surface area contributed by atoms with Gasteiger partial charge in [-0.1, -0.05) is 12.1 Å². The average molecular weight is 235 g/mol. The third kappa shape index (κ3) is 3.63. The third-order valence-electron chi connectivity index (χ3n) is 3.02. The molecule has 0 aliphatic carbocycles. The summed E-state index contributed by atoms with van der Waals surface area (Å²) in [5.74, 6) is 2.33. The van der Waals surface area contributed by atoms with Gasteiger partial charge in [0.1, 0.15) is 0 Å². The van der Waals surface area contributed by atoms with Gasteiger partial charge < -0.3 is 14.8 Å². The molecule has 2 rings (SSSR count). The molecule has 0 saturated carbocycles. The second-order valence-corrected chi connectivity index (χ2v) is 4.40. The molecule has 1 aromatic carbocycles. The maximum absolute atomic E-state index is 5.86. The number of para-hydroxylation sites is 2. The molecule has 1 heterocycles. The van der Waals surface area contributed by atoms with E-state index < -0.39 is 0 Å². The van der Waals surface area contributed by atoms with Crippen LogP contribution in [0.15, 0.2) is 24.3 Å². The van der Waals surface area contributed by atoms with Crippen molar-refractivity contribution in [1.29, 1.82) is 0 Å². The fourth-order valence-corrected chi connectivity index (χ4v) is 2.12. The van der Waals surface area contributed by atoms with Crippen LogP contribution in [0.2, 0.25) is 0 Å². The minimum atomic E-state index is 0.624. The molecule has 17 heavy (non-hydrogen) atoms. The van der Waals surface area contributed by atoms with Crippen molar-refractivity contribution in [3.05, 3.63) is 24.3 Å². The number of nitrogens with one attached hydrogen (secondary N) is 1. The van der Waals surface area contributed by atoms with Crippen molar-refractivity contribution in [2.75, 3.05) is 26.3 Å². The highest BCUT2D eigenvalue weighted by Gasteiger charge is 2.14. The second-order valence-electron chi connectivity index (χ2n) is 4.40. The van der Waals surface area contributed by atoms with Gasteiger partial charge in [-0.15, -0.1) is 0 Å². The van der Waals surface area contributed by atoms with Gasteiger partial charge >= 0.3 is 0 Å². The van der Waals surface area contributed by atoms with Gasteiger partial charge in [-0.2, -0.15) is 0 Å². The monoisotopic (exact) mass is 235 g/mol. The first-order valence-corrected chi connectivity index (χ1v) is 6.45. The molecule has 0 radical (unpaired) electrons. The number of hydrogen-bond acceptors (Lipinski definition) is 3. The lowest BCUT2D eigenvalue weighted by Gasteiger charge is -2.23. The molecular formula is C14H21NO2. The topological polar surface area (TPSA) is 30.5 Å². The van der Waals surface area contributed by atoms with Crippen LogP contribution < -0.4 is 14.8 Å². The maximum atomic E-state index is 5.86. The highest BCUT2D eigenvalue weighted by molar-refractivity contribution is 5.39. The van der Waals surface area contributed by atoms with Crippen LogP contribution in [0.1, 0.15) is 19.8 Å². The maximum Gasteiger partial charge on any atom is 0.161 e. The minimum Gasteiger partial charge on any atom is -0.490 e. The van der Waals surface area contributed by atoms with Gasteiger partial charge in [0, 0.05) is 12.5 Å². The summed E-state index contributed by atoms with van der Waals surface area (Å²) in [5.41, 5.74) is 0. The molecule has 94 valence electrons. The molecule has 1 saturated heterocycles. The van der Waals surface area contributed by atoms with Crippen molar-refractivity contribution in [2.45, 2.75) is 19.8 Å². The summed E-state index contributed by atoms with van der Waals surface area (Å²) in [5, 5.41) is 3.40. The average Bonchev–Trinajstić information content (AvgIpc) is 2.39. The number of ether oxygens (including phenoxy) is 2. The normalized spacial score (nSPS) is 19.9. The fraction of sp³-hybridized carbons (Fsp3) is 0.571. The molecule has 0 unspecified atom stereocenters. The SMILES string of the molecule is CCOc1ccccc1OC[C@H]1CCCNC1. The van der Waals surface area contributed by atoms with Crippen molar-refractivity contribution >= 4 is 0 Å². The quantitative estimate of drug-likeness (QED) is 0.850. The Morgan fingerprint density at radius 1 is 1.24 bits per heavy atom. The largest absolute Gasteiger partial charge is 0.490 e. The molecular weight excluding hydrogens is 214 g/mol. The summed E-state index contributed by atoms with van der Waals surface area (Å²) in [7, 11) is 0. The summed E-state index contributed by atoms with van der Waals surface area (Å²) < 4.78 is 11.4. The zero-order valence-electron chi connectivity index (χ0n) is 10.4. The highest BCUT2D eigenvalue weighted by Crippen LogP contribution is 2.27. The van der Waals surface area contributed by atoms with Crippen LogP contribution in [-0.4, -0.2) is 26.3 Å². The molecule has 1 aromatic rings. The summed E-state index contributed by atoms with van der Waals surface area (Å²) >= 11 is 0. The van der Waals surface area contributed by atoms with E-state index in [2.05, 4.69) is 5.32 Å². The van der Waals surface area contributed by atoms with Gasteiger partial charge in [-0.25, -0.2) is 0 Å². The van der Waals surface area contributed by atoms with Gasteiger partial charge in [0.25, 0.3) is 0 Å². The van der Waals surface area contributed by atoms with Crippen LogP contribution in [0.5, 0.6) is 11.5 Å². The fourth-order valence-electron chi connectivity index (χ4n) is 2.12. The summed E-state index contributed by atoms with van der Waals surface area (Å²) in [6, 6.07) is 7.89. The van der Waals surface area contributed by atoms with E-state index in [-0.39, 0.29) is 0 Å². The van der Waals surface area contributed by atoms with E-state index in [9.17, 15) is 0 Å². The van der Waals surface area contributed by atoms with Crippen molar-refractivity contribution in [1.82, 2.24) is 5.32 Å². The Morgan fingerprint density at radius 2 is 2.00 bits per heavy atom. The van der Waals surface area contributed by atoms with Crippen LogP contribution in [0.25, 0.3) is 0 Å². The number of piperidine rings is 1. The zero-order chi connectivity index (χ0) is 11.9. The molecule has 1 aliphatic rings. The van der Waals surface area contributed by atoms with E-state index in [0.29, 0.717) is 12.5 Å². The van der Waals surface area contributed by atoms with Crippen LogP contribution >= 0.6 is 0 Å². The van der Waals surface area contributed by atoms with E-state index >= 15 is 0 Å². The molecule has 1 fully saturated rings. The number of rotatable bonds is 5. The first-order chi connectivity index (χ1) is 8.40. The summed E-state index contributed by atoms with van der Waals surface area (Å²) in [6.07, 6.45) is 2.50. The molecule has 1 N–H and O–H groups in total. The molecule has 0 bridgehead atoms. The first kappa shape index (κ1) is 12.2. The molecule has 1 aliphatic heterocycles. The van der Waals surface area contributed by atoms with Gasteiger partial charge in [0.05, 0.1) is 13.2 Å². The smallest absolute Gasteiger partial charge is 0.161 e. The third-order valence-corrected chi connectivity index (χ3v) is 3.02. The number of hydrogen-bond donors (Lipinski definition) is 1. The van der Waals surface area contributed by atoms with Gasteiger partial charge in [-0.05, 0) is 38.4 Å². The Labute approximate surface area is 103 Å². The number of benzene rings is 1. The van der Waals surface area contributed by atoms with E-state index in [1.165, 1.54) is 12.8 Å². The van der Waals surface area contributed by atoms with Crippen LogP contribution in [-0.2, 0) is 0 Å². The van der Waals surface area contributed by atoms with Gasteiger partial charge in [0.2, 0.25) is 0 Å². The Balaban J connectivity index is 1.88. The lowest BCUT2D eigenvalue weighted by molar-refractivity contribution is 0.208. The lowest BCUT2D eigenvalue weighted by Crippen LogP contribution is -2.33. The van der Waals surface area contributed by atoms with E-state index in [4.69, 9.17) is 9.47 Å². The van der Waals surface area contributed by atoms with Crippen molar-refractivity contribution < 1.29 is 9.47 Å².